The van der Waals surface area contributed by atoms with Crippen molar-refractivity contribution >= 4 is 0 Å². The molecule has 0 amide bonds. The molecule has 1 rings (SSSR count). The lowest BCUT2D eigenvalue weighted by molar-refractivity contribution is 1.25. The van der Waals surface area contributed by atoms with E-state index in [1.807, 2.05) is 0 Å². The van der Waals surface area contributed by atoms with E-state index in [4.69, 9.17) is 5.53 Å². The van der Waals surface area contributed by atoms with Gasteiger partial charge in [0.2, 0.25) is 0 Å². The summed E-state index contributed by atoms with van der Waals surface area (Å²) in [7, 11) is 0. The lowest BCUT2D eigenvalue weighted by Crippen LogP contribution is -1.46. The van der Waals surface area contributed by atoms with Gasteiger partial charge < -0.3 is 0 Å². The fraction of sp³-hybridized carbons (Fsp3) is 0.667. The van der Waals surface area contributed by atoms with Gasteiger partial charge in [-0.15, -0.1) is 0 Å². The Morgan fingerprint density at radius 3 is 2.50 bits per heavy atom. The molecule has 0 atom stereocenters. The second kappa shape index (κ2) is 1.19. The first-order valence-electron chi connectivity index (χ1n) is 1.83. The van der Waals surface area contributed by atoms with Gasteiger partial charge in [-0.3, -0.25) is 0 Å². The van der Waals surface area contributed by atoms with E-state index in [1.165, 1.54) is 0 Å². The number of hydrogen-bond donors (Lipinski definition) is 0. The van der Waals surface area contributed by atoms with Crippen molar-refractivity contribution in [2.45, 2.75) is 12.8 Å². The fourth-order valence-corrected chi connectivity index (χ4v) is 0.219. The van der Waals surface area contributed by atoms with Gasteiger partial charge in [0.1, 0.15) is 0 Å². The molecule has 0 aromatic rings. The van der Waals surface area contributed by atoms with Crippen molar-refractivity contribution < 1.29 is 0 Å². The molecule has 1 saturated carbocycles. The summed E-state index contributed by atoms with van der Waals surface area (Å²) < 4.78 is 0. The second-order valence-electron chi connectivity index (χ2n) is 1.26. The van der Waals surface area contributed by atoms with Crippen LogP contribution in [-0.4, -0.2) is 0 Å². The summed E-state index contributed by atoms with van der Waals surface area (Å²) in [5.74, 6) is 0. The van der Waals surface area contributed by atoms with Crippen LogP contribution in [0.4, 0.5) is 0 Å². The van der Waals surface area contributed by atoms with E-state index >= 15 is 0 Å². The van der Waals surface area contributed by atoms with Crippen LogP contribution in [0.25, 0.3) is 10.4 Å². The zero-order valence-electron chi connectivity index (χ0n) is 3.26. The zero-order valence-corrected chi connectivity index (χ0v) is 3.26. The molecule has 0 saturated heterocycles. The van der Waals surface area contributed by atoms with Crippen LogP contribution in [0.3, 0.4) is 0 Å². The first-order chi connectivity index (χ1) is 2.93. The van der Waals surface area contributed by atoms with Crippen molar-refractivity contribution in [1.29, 1.82) is 0 Å². The smallest absolute Gasteiger partial charge is 0.0601 e. The molecule has 0 unspecified atom stereocenters. The summed E-state index contributed by atoms with van der Waals surface area (Å²) in [5.41, 5.74) is 7.71. The summed E-state index contributed by atoms with van der Waals surface area (Å²) in [6.07, 6.45) is 2.04. The van der Waals surface area contributed by atoms with E-state index < -0.39 is 0 Å². The van der Waals surface area contributed by atoms with Crippen LogP contribution in [-0.2, 0) is 0 Å². The molecule has 0 N–H and O–H groups in total. The normalized spacial score (nSPS) is 19.3. The van der Waals surface area contributed by atoms with Crippen LogP contribution in [0.2, 0.25) is 0 Å². The SMILES string of the molecule is [N-]=[N+]=N[C]1CC1. The highest BCUT2D eigenvalue weighted by Crippen LogP contribution is 2.32. The van der Waals surface area contributed by atoms with E-state index in [2.05, 4.69) is 10.0 Å². The number of rotatable bonds is 1. The largest absolute Gasteiger partial charge is 0.0866 e. The van der Waals surface area contributed by atoms with Crippen molar-refractivity contribution in [3.05, 3.63) is 16.5 Å². The Bertz CT molecular complexity index is 88.2. The third-order valence-corrected chi connectivity index (χ3v) is 0.660. The Kier molecular flexibility index (Phi) is 0.691. The molecule has 0 heterocycles. The minimum absolute atomic E-state index is 0.998. The van der Waals surface area contributed by atoms with Gasteiger partial charge in [0.25, 0.3) is 0 Å². The van der Waals surface area contributed by atoms with Gasteiger partial charge in [-0.1, -0.05) is 5.11 Å². The molecule has 1 aliphatic rings. The molecule has 1 aliphatic carbocycles. The molecular formula is C3H4N3. The lowest BCUT2D eigenvalue weighted by atomic mass is 10.8. The maximum absolute atomic E-state index is 7.71. The van der Waals surface area contributed by atoms with Crippen molar-refractivity contribution in [2.75, 3.05) is 0 Å². The molecule has 0 bridgehead atoms. The van der Waals surface area contributed by atoms with Crippen molar-refractivity contribution in [1.82, 2.24) is 0 Å². The third kappa shape index (κ3) is 0.626. The number of nitrogens with zero attached hydrogens (tertiary/aromatic N) is 3. The highest BCUT2D eigenvalue weighted by Gasteiger charge is 2.19. The van der Waals surface area contributed by atoms with Crippen LogP contribution < -0.4 is 0 Å². The molecule has 31 valence electrons. The van der Waals surface area contributed by atoms with Gasteiger partial charge >= 0.3 is 0 Å². The van der Waals surface area contributed by atoms with E-state index in [0.717, 1.165) is 18.9 Å². The van der Waals surface area contributed by atoms with Gasteiger partial charge in [0.05, 0.1) is 6.04 Å². The Morgan fingerprint density at radius 2 is 2.33 bits per heavy atom. The first-order valence-corrected chi connectivity index (χ1v) is 1.83. The summed E-state index contributed by atoms with van der Waals surface area (Å²) >= 11 is 0. The topological polar surface area (TPSA) is 48.8 Å². The average molecular weight is 82.1 g/mol. The first kappa shape index (κ1) is 3.50. The standard InChI is InChI=1S/C3H4N3/c4-6-5-3-1-2-3/h1-2H2. The minimum atomic E-state index is 0.998. The Balaban J connectivity index is 2.33. The molecule has 3 nitrogen and oxygen atoms in total. The molecule has 0 aliphatic heterocycles. The summed E-state index contributed by atoms with van der Waals surface area (Å²) in [4.78, 5) is 2.59. The van der Waals surface area contributed by atoms with Crippen LogP contribution in [0.15, 0.2) is 5.11 Å². The molecule has 6 heavy (non-hydrogen) atoms. The fourth-order valence-electron chi connectivity index (χ4n) is 0.219. The van der Waals surface area contributed by atoms with Gasteiger partial charge in [-0.25, -0.2) is 0 Å². The highest BCUT2D eigenvalue weighted by atomic mass is 15.2. The quantitative estimate of drug-likeness (QED) is 0.262. The van der Waals surface area contributed by atoms with Crippen molar-refractivity contribution in [2.24, 2.45) is 5.11 Å². The van der Waals surface area contributed by atoms with Crippen molar-refractivity contribution in [3.63, 3.8) is 0 Å². The molecule has 3 heteroatoms. The molecule has 0 aromatic carbocycles. The maximum atomic E-state index is 7.71. The van der Waals surface area contributed by atoms with E-state index in [9.17, 15) is 0 Å². The Labute approximate surface area is 35.6 Å². The molecular weight excluding hydrogens is 78.1 g/mol. The van der Waals surface area contributed by atoms with Crippen molar-refractivity contribution in [3.8, 4) is 0 Å². The van der Waals surface area contributed by atoms with Gasteiger partial charge in [-0.2, -0.15) is 0 Å². The van der Waals surface area contributed by atoms with Crippen LogP contribution in [0.1, 0.15) is 12.8 Å². The van der Waals surface area contributed by atoms with Gasteiger partial charge in [0.15, 0.2) is 0 Å². The highest BCUT2D eigenvalue weighted by molar-refractivity contribution is 5.02. The summed E-state index contributed by atoms with van der Waals surface area (Å²) in [5, 5.41) is 3.33. The van der Waals surface area contributed by atoms with Crippen LogP contribution in [0.5, 0.6) is 0 Å². The van der Waals surface area contributed by atoms with E-state index in [-0.39, 0.29) is 0 Å². The Hall–Kier alpha value is -0.690. The lowest BCUT2D eigenvalue weighted by Gasteiger charge is -1.60. The number of azide groups is 1. The third-order valence-electron chi connectivity index (χ3n) is 0.660. The molecule has 1 radical (unpaired) electrons. The zero-order chi connectivity index (χ0) is 4.41. The molecule has 0 spiro atoms. The predicted octanol–water partition coefficient (Wildman–Crippen LogP) is 1.62. The van der Waals surface area contributed by atoms with Crippen LogP contribution >= 0.6 is 0 Å². The summed E-state index contributed by atoms with van der Waals surface area (Å²) in [6, 6.07) is 0.998. The van der Waals surface area contributed by atoms with Gasteiger partial charge in [0, 0.05) is 4.91 Å². The Morgan fingerprint density at radius 1 is 1.67 bits per heavy atom. The maximum Gasteiger partial charge on any atom is 0.0601 e. The predicted molar refractivity (Wildman–Crippen MR) is 21.6 cm³/mol. The van der Waals surface area contributed by atoms with E-state index in [0.29, 0.717) is 0 Å². The minimum Gasteiger partial charge on any atom is -0.0866 e. The van der Waals surface area contributed by atoms with Crippen LogP contribution in [0, 0.1) is 6.04 Å². The van der Waals surface area contributed by atoms with Gasteiger partial charge in [-0.05, 0) is 18.4 Å². The molecule has 0 aromatic heterocycles. The summed E-state index contributed by atoms with van der Waals surface area (Å²) in [6.45, 7) is 0. The average Bonchev–Trinajstić information content (AvgIpc) is 2.21. The number of hydrogen-bond acceptors (Lipinski definition) is 1. The second-order valence-corrected chi connectivity index (χ2v) is 1.26. The molecule has 1 fully saturated rings. The van der Waals surface area contributed by atoms with E-state index in [1.54, 1.807) is 0 Å². The monoisotopic (exact) mass is 82.0 g/mol.